The molecule has 0 aromatic heterocycles. The largest absolute Gasteiger partial charge is 0.491 e. The predicted molar refractivity (Wildman–Crippen MR) is 72.4 cm³/mol. The zero-order valence-electron chi connectivity index (χ0n) is 10.4. The number of hydrogen-bond acceptors (Lipinski definition) is 3. The maximum Gasteiger partial charge on any atom is 0.138 e. The van der Waals surface area contributed by atoms with Crippen LogP contribution in [0.2, 0.25) is 5.02 Å². The van der Waals surface area contributed by atoms with Crippen molar-refractivity contribution in [3.8, 4) is 17.2 Å². The maximum absolute atomic E-state index is 13.0. The van der Waals surface area contributed by atoms with Gasteiger partial charge >= 0.3 is 0 Å². The second kappa shape index (κ2) is 6.54. The van der Waals surface area contributed by atoms with E-state index in [0.29, 0.717) is 29.7 Å². The zero-order valence-corrected chi connectivity index (χ0v) is 11.2. The molecule has 0 heterocycles. The molecule has 20 heavy (non-hydrogen) atoms. The second-order valence-corrected chi connectivity index (χ2v) is 4.34. The van der Waals surface area contributed by atoms with Crippen molar-refractivity contribution in [3.05, 3.63) is 53.1 Å². The van der Waals surface area contributed by atoms with Crippen LogP contribution >= 0.6 is 11.6 Å². The molecule has 0 saturated carbocycles. The quantitative estimate of drug-likeness (QED) is 0.914. The lowest BCUT2D eigenvalue weighted by Gasteiger charge is -2.10. The van der Waals surface area contributed by atoms with E-state index in [1.54, 1.807) is 12.1 Å². The van der Waals surface area contributed by atoms with Crippen LogP contribution in [0.5, 0.6) is 17.2 Å². The van der Waals surface area contributed by atoms with Crippen LogP contribution in [-0.4, -0.2) is 13.2 Å². The average Bonchev–Trinajstić information content (AvgIpc) is 2.36. The fourth-order valence-corrected chi connectivity index (χ4v) is 1.78. The van der Waals surface area contributed by atoms with Gasteiger partial charge in [-0.2, -0.15) is 0 Å². The summed E-state index contributed by atoms with van der Waals surface area (Å²) in [5.74, 6) is -0.563. The van der Waals surface area contributed by atoms with E-state index in [1.807, 2.05) is 0 Å². The molecule has 0 spiro atoms. The van der Waals surface area contributed by atoms with Gasteiger partial charge in [0, 0.05) is 30.8 Å². The van der Waals surface area contributed by atoms with Gasteiger partial charge in [-0.3, -0.25) is 0 Å². The molecule has 0 atom stereocenters. The molecule has 106 valence electrons. The molecule has 0 aliphatic heterocycles. The van der Waals surface area contributed by atoms with Crippen LogP contribution in [0.4, 0.5) is 8.78 Å². The summed E-state index contributed by atoms with van der Waals surface area (Å²) in [5, 5.41) is 0.327. The summed E-state index contributed by atoms with van der Waals surface area (Å²) in [6.45, 7) is 0.714. The van der Waals surface area contributed by atoms with E-state index < -0.39 is 11.6 Å². The minimum Gasteiger partial charge on any atom is -0.491 e. The van der Waals surface area contributed by atoms with E-state index in [4.69, 9.17) is 26.8 Å². The van der Waals surface area contributed by atoms with E-state index in [-0.39, 0.29) is 5.75 Å². The lowest BCUT2D eigenvalue weighted by molar-refractivity contribution is 0.328. The summed E-state index contributed by atoms with van der Waals surface area (Å²) >= 11 is 6.00. The first-order valence-corrected chi connectivity index (χ1v) is 6.22. The van der Waals surface area contributed by atoms with Gasteiger partial charge in [0.1, 0.15) is 35.5 Å². The molecule has 6 heteroatoms. The molecule has 0 radical (unpaired) electrons. The summed E-state index contributed by atoms with van der Waals surface area (Å²) in [5.41, 5.74) is 5.32. The molecule has 2 aromatic carbocycles. The first kappa shape index (κ1) is 14.6. The SMILES string of the molecule is NCCOc1ccc(Oc2cc(F)cc(F)c2)cc1Cl. The van der Waals surface area contributed by atoms with Gasteiger partial charge in [-0.05, 0) is 12.1 Å². The average molecular weight is 300 g/mol. The molecule has 2 rings (SSSR count). The first-order chi connectivity index (χ1) is 9.58. The smallest absolute Gasteiger partial charge is 0.138 e. The van der Waals surface area contributed by atoms with Crippen LogP contribution in [0.1, 0.15) is 0 Å². The van der Waals surface area contributed by atoms with Crippen LogP contribution in [0, 0.1) is 11.6 Å². The van der Waals surface area contributed by atoms with E-state index in [9.17, 15) is 8.78 Å². The highest BCUT2D eigenvalue weighted by Crippen LogP contribution is 2.31. The third-order valence-electron chi connectivity index (χ3n) is 2.35. The summed E-state index contributed by atoms with van der Waals surface area (Å²) in [6.07, 6.45) is 0. The highest BCUT2D eigenvalue weighted by molar-refractivity contribution is 6.32. The third kappa shape index (κ3) is 3.82. The molecule has 0 aliphatic carbocycles. The van der Waals surface area contributed by atoms with Gasteiger partial charge in [0.15, 0.2) is 0 Å². The van der Waals surface area contributed by atoms with E-state index in [2.05, 4.69) is 0 Å². The van der Waals surface area contributed by atoms with Crippen molar-refractivity contribution in [1.82, 2.24) is 0 Å². The first-order valence-electron chi connectivity index (χ1n) is 5.85. The Kier molecular flexibility index (Phi) is 4.76. The van der Waals surface area contributed by atoms with Gasteiger partial charge in [0.05, 0.1) is 5.02 Å². The molecular weight excluding hydrogens is 288 g/mol. The molecular formula is C14H12ClF2NO2. The Bertz CT molecular complexity index is 587. The van der Waals surface area contributed by atoms with Gasteiger partial charge in [0.25, 0.3) is 0 Å². The molecule has 2 aromatic rings. The van der Waals surface area contributed by atoms with Crippen LogP contribution < -0.4 is 15.2 Å². The van der Waals surface area contributed by atoms with Crippen LogP contribution in [0.25, 0.3) is 0 Å². The van der Waals surface area contributed by atoms with Gasteiger partial charge in [-0.25, -0.2) is 8.78 Å². The highest BCUT2D eigenvalue weighted by Gasteiger charge is 2.06. The number of ether oxygens (including phenoxy) is 2. The molecule has 0 unspecified atom stereocenters. The number of nitrogens with two attached hydrogens (primary N) is 1. The zero-order chi connectivity index (χ0) is 14.5. The lowest BCUT2D eigenvalue weighted by Crippen LogP contribution is -2.10. The lowest BCUT2D eigenvalue weighted by atomic mass is 10.3. The summed E-state index contributed by atoms with van der Waals surface area (Å²) in [7, 11) is 0. The minimum absolute atomic E-state index is 0.0502. The Morgan fingerprint density at radius 3 is 2.30 bits per heavy atom. The topological polar surface area (TPSA) is 44.5 Å². The second-order valence-electron chi connectivity index (χ2n) is 3.94. The van der Waals surface area contributed by atoms with Crippen molar-refractivity contribution >= 4 is 11.6 Å². The Morgan fingerprint density at radius 2 is 1.70 bits per heavy atom. The molecule has 0 saturated heterocycles. The van der Waals surface area contributed by atoms with Gasteiger partial charge < -0.3 is 15.2 Å². The Labute approximate surface area is 119 Å². The Balaban J connectivity index is 2.15. The summed E-state index contributed by atoms with van der Waals surface area (Å²) in [4.78, 5) is 0. The number of halogens is 3. The van der Waals surface area contributed by atoms with E-state index in [1.165, 1.54) is 6.07 Å². The van der Waals surface area contributed by atoms with Crippen LogP contribution in [0.15, 0.2) is 36.4 Å². The number of rotatable bonds is 5. The van der Waals surface area contributed by atoms with Gasteiger partial charge in [-0.15, -0.1) is 0 Å². The van der Waals surface area contributed by atoms with Crippen molar-refractivity contribution in [2.45, 2.75) is 0 Å². The fraction of sp³-hybridized carbons (Fsp3) is 0.143. The molecule has 0 bridgehead atoms. The minimum atomic E-state index is -0.714. The molecule has 0 fully saturated rings. The predicted octanol–water partition coefficient (Wildman–Crippen LogP) is 3.75. The van der Waals surface area contributed by atoms with Gasteiger partial charge in [-0.1, -0.05) is 11.6 Å². The maximum atomic E-state index is 13.0. The highest BCUT2D eigenvalue weighted by atomic mass is 35.5. The molecule has 3 nitrogen and oxygen atoms in total. The fourth-order valence-electron chi connectivity index (χ4n) is 1.55. The van der Waals surface area contributed by atoms with E-state index >= 15 is 0 Å². The normalized spacial score (nSPS) is 10.4. The number of benzene rings is 2. The Morgan fingerprint density at radius 1 is 1.00 bits per heavy atom. The van der Waals surface area contributed by atoms with Crippen molar-refractivity contribution in [1.29, 1.82) is 0 Å². The summed E-state index contributed by atoms with van der Waals surface area (Å²) < 4.78 is 36.7. The molecule has 2 N–H and O–H groups in total. The molecule has 0 amide bonds. The Hall–Kier alpha value is -1.85. The van der Waals surface area contributed by atoms with Crippen molar-refractivity contribution in [3.63, 3.8) is 0 Å². The van der Waals surface area contributed by atoms with Crippen LogP contribution in [-0.2, 0) is 0 Å². The van der Waals surface area contributed by atoms with Crippen LogP contribution in [0.3, 0.4) is 0 Å². The summed E-state index contributed by atoms with van der Waals surface area (Å²) in [6, 6.07) is 7.61. The van der Waals surface area contributed by atoms with E-state index in [0.717, 1.165) is 18.2 Å². The monoisotopic (exact) mass is 299 g/mol. The standard InChI is InChI=1S/C14H12ClF2NO2/c15-13-8-11(1-2-14(13)19-4-3-18)20-12-6-9(16)5-10(17)7-12/h1-2,5-8H,3-4,18H2. The van der Waals surface area contributed by atoms with Crippen molar-refractivity contribution in [2.75, 3.05) is 13.2 Å². The molecule has 0 aliphatic rings. The third-order valence-corrected chi connectivity index (χ3v) is 2.65. The van der Waals surface area contributed by atoms with Gasteiger partial charge in [0.2, 0.25) is 0 Å². The van der Waals surface area contributed by atoms with Crippen molar-refractivity contribution in [2.24, 2.45) is 5.73 Å². The number of hydrogen-bond donors (Lipinski definition) is 1. The van der Waals surface area contributed by atoms with Crippen molar-refractivity contribution < 1.29 is 18.3 Å².